The number of urea groups is 1. The van der Waals surface area contributed by atoms with Crippen molar-refractivity contribution in [1.82, 2.24) is 9.80 Å². The van der Waals surface area contributed by atoms with Crippen LogP contribution in [0.4, 0.5) is 4.79 Å². The van der Waals surface area contributed by atoms with Crippen LogP contribution in [0.3, 0.4) is 0 Å². The molecule has 0 aromatic carbocycles. The Morgan fingerprint density at radius 3 is 2.55 bits per heavy atom. The van der Waals surface area contributed by atoms with Crippen molar-refractivity contribution in [2.75, 3.05) is 19.7 Å². The maximum atomic E-state index is 12.5. The van der Waals surface area contributed by atoms with Gasteiger partial charge in [0.15, 0.2) is 0 Å². The summed E-state index contributed by atoms with van der Waals surface area (Å²) in [5.74, 6) is -1.09. The molecule has 0 spiro atoms. The number of rotatable bonds is 2. The molecule has 2 rings (SSSR count). The number of aliphatic hydroxyl groups is 2. The zero-order valence-electron chi connectivity index (χ0n) is 11.4. The second kappa shape index (κ2) is 6.41. The number of carbonyl (C=O) groups is 2. The topological polar surface area (TPSA) is 101 Å². The van der Waals surface area contributed by atoms with Crippen LogP contribution in [0.5, 0.6) is 0 Å². The van der Waals surface area contributed by atoms with Crippen molar-refractivity contribution in [3.05, 3.63) is 0 Å². The highest BCUT2D eigenvalue weighted by molar-refractivity contribution is 5.83. The summed E-state index contributed by atoms with van der Waals surface area (Å²) in [4.78, 5) is 26.5. The van der Waals surface area contributed by atoms with E-state index in [0.717, 1.165) is 25.7 Å². The number of aliphatic hydroxyl groups excluding tert-OH is 2. The fourth-order valence-corrected chi connectivity index (χ4v) is 3.04. The highest BCUT2D eigenvalue weighted by Gasteiger charge is 2.41. The van der Waals surface area contributed by atoms with Gasteiger partial charge in [-0.15, -0.1) is 0 Å². The molecule has 0 aromatic rings. The van der Waals surface area contributed by atoms with E-state index >= 15 is 0 Å². The number of amides is 2. The zero-order valence-corrected chi connectivity index (χ0v) is 11.4. The van der Waals surface area contributed by atoms with Crippen LogP contribution in [0.1, 0.15) is 32.1 Å². The first-order chi connectivity index (χ1) is 9.54. The highest BCUT2D eigenvalue weighted by Crippen LogP contribution is 2.24. The average molecular weight is 286 g/mol. The SMILES string of the molecule is O=C(O)[C@@H]1C[C@H](O)CN1C(=O)N1CCCCCC1CO. The largest absolute Gasteiger partial charge is 0.480 e. The molecule has 2 aliphatic rings. The van der Waals surface area contributed by atoms with E-state index in [1.807, 2.05) is 0 Å². The molecule has 1 unspecified atom stereocenters. The van der Waals surface area contributed by atoms with Gasteiger partial charge in [0.2, 0.25) is 0 Å². The summed E-state index contributed by atoms with van der Waals surface area (Å²) in [6, 6.07) is -1.60. The van der Waals surface area contributed by atoms with E-state index in [-0.39, 0.29) is 31.6 Å². The van der Waals surface area contributed by atoms with E-state index in [0.29, 0.717) is 6.54 Å². The molecule has 3 atom stereocenters. The third-order valence-corrected chi connectivity index (χ3v) is 4.14. The Morgan fingerprint density at radius 1 is 1.15 bits per heavy atom. The molecule has 2 aliphatic heterocycles. The lowest BCUT2D eigenvalue weighted by Gasteiger charge is -2.34. The number of carboxylic acids is 1. The fourth-order valence-electron chi connectivity index (χ4n) is 3.04. The van der Waals surface area contributed by atoms with Gasteiger partial charge in [0.25, 0.3) is 0 Å². The van der Waals surface area contributed by atoms with Gasteiger partial charge in [-0.25, -0.2) is 9.59 Å². The van der Waals surface area contributed by atoms with Crippen LogP contribution in [0.25, 0.3) is 0 Å². The molecule has 7 heteroatoms. The number of carboxylic acid groups (broad SMARTS) is 1. The van der Waals surface area contributed by atoms with Crippen molar-refractivity contribution in [2.24, 2.45) is 0 Å². The molecule has 0 saturated carbocycles. The molecular formula is C13H22N2O5. The van der Waals surface area contributed by atoms with Gasteiger partial charge in [-0.3, -0.25) is 0 Å². The zero-order chi connectivity index (χ0) is 14.7. The number of hydrogen-bond acceptors (Lipinski definition) is 4. The second-order valence-corrected chi connectivity index (χ2v) is 5.56. The molecule has 0 aromatic heterocycles. The Labute approximate surface area is 117 Å². The standard InChI is InChI=1S/C13H22N2O5/c16-8-9-4-2-1-3-5-14(9)13(20)15-7-10(17)6-11(15)12(18)19/h9-11,16-17H,1-8H2,(H,18,19)/t9?,10-,11-/m0/s1. The molecular weight excluding hydrogens is 264 g/mol. The number of nitrogens with zero attached hydrogens (tertiary/aromatic N) is 2. The predicted octanol–water partition coefficient (Wildman–Crippen LogP) is -0.137. The van der Waals surface area contributed by atoms with Crippen LogP contribution in [0.2, 0.25) is 0 Å². The number of likely N-dealkylation sites (tertiary alicyclic amines) is 2. The fraction of sp³-hybridized carbons (Fsp3) is 0.846. The van der Waals surface area contributed by atoms with Gasteiger partial charge in [0, 0.05) is 19.5 Å². The highest BCUT2D eigenvalue weighted by atomic mass is 16.4. The predicted molar refractivity (Wildman–Crippen MR) is 70.2 cm³/mol. The van der Waals surface area contributed by atoms with Gasteiger partial charge in [-0.2, -0.15) is 0 Å². The molecule has 3 N–H and O–H groups in total. The van der Waals surface area contributed by atoms with Gasteiger partial charge >= 0.3 is 12.0 Å². The van der Waals surface area contributed by atoms with Crippen LogP contribution in [-0.2, 0) is 4.79 Å². The number of β-amino-alcohol motifs (C(OH)–C–C–N with tert-alkyl or cyclic N) is 1. The molecule has 7 nitrogen and oxygen atoms in total. The van der Waals surface area contributed by atoms with Gasteiger partial charge < -0.3 is 25.1 Å². The number of aliphatic carboxylic acids is 1. The first kappa shape index (κ1) is 15.1. The summed E-state index contributed by atoms with van der Waals surface area (Å²) >= 11 is 0. The molecule has 114 valence electrons. The van der Waals surface area contributed by atoms with E-state index < -0.39 is 18.1 Å². The normalized spacial score (nSPS) is 31.2. The van der Waals surface area contributed by atoms with Gasteiger partial charge in [0.1, 0.15) is 6.04 Å². The summed E-state index contributed by atoms with van der Waals surface area (Å²) < 4.78 is 0. The molecule has 2 heterocycles. The lowest BCUT2D eigenvalue weighted by Crippen LogP contribution is -2.52. The average Bonchev–Trinajstić information content (AvgIpc) is 2.67. The molecule has 2 amide bonds. The Kier molecular flexibility index (Phi) is 4.82. The summed E-state index contributed by atoms with van der Waals surface area (Å²) in [5, 5.41) is 28.2. The third-order valence-electron chi connectivity index (χ3n) is 4.14. The van der Waals surface area contributed by atoms with Gasteiger partial charge in [-0.05, 0) is 12.8 Å². The van der Waals surface area contributed by atoms with E-state index in [1.165, 1.54) is 4.90 Å². The van der Waals surface area contributed by atoms with Gasteiger partial charge in [-0.1, -0.05) is 12.8 Å². The van der Waals surface area contributed by atoms with Crippen molar-refractivity contribution in [3.63, 3.8) is 0 Å². The Morgan fingerprint density at radius 2 is 1.90 bits per heavy atom. The van der Waals surface area contributed by atoms with Crippen LogP contribution in [0, 0.1) is 0 Å². The number of hydrogen-bond donors (Lipinski definition) is 3. The summed E-state index contributed by atoms with van der Waals surface area (Å²) in [7, 11) is 0. The second-order valence-electron chi connectivity index (χ2n) is 5.56. The van der Waals surface area contributed by atoms with Crippen LogP contribution >= 0.6 is 0 Å². The quantitative estimate of drug-likeness (QED) is 0.656. The minimum absolute atomic E-state index is 0.0461. The monoisotopic (exact) mass is 286 g/mol. The first-order valence-electron chi connectivity index (χ1n) is 7.13. The Hall–Kier alpha value is -1.34. The maximum absolute atomic E-state index is 12.5. The van der Waals surface area contributed by atoms with Crippen molar-refractivity contribution in [2.45, 2.75) is 50.3 Å². The third kappa shape index (κ3) is 3.04. The molecule has 20 heavy (non-hydrogen) atoms. The minimum Gasteiger partial charge on any atom is -0.480 e. The van der Waals surface area contributed by atoms with Crippen molar-refractivity contribution >= 4 is 12.0 Å². The van der Waals surface area contributed by atoms with E-state index in [1.54, 1.807) is 4.90 Å². The van der Waals surface area contributed by atoms with E-state index in [4.69, 9.17) is 5.11 Å². The van der Waals surface area contributed by atoms with Crippen molar-refractivity contribution in [3.8, 4) is 0 Å². The summed E-state index contributed by atoms with van der Waals surface area (Å²) in [6.45, 7) is 0.466. The molecule has 0 bridgehead atoms. The summed E-state index contributed by atoms with van der Waals surface area (Å²) in [6.07, 6.45) is 2.83. The Bertz CT molecular complexity index is 376. The van der Waals surface area contributed by atoms with E-state index in [2.05, 4.69) is 0 Å². The van der Waals surface area contributed by atoms with Gasteiger partial charge in [0.05, 0.1) is 18.8 Å². The van der Waals surface area contributed by atoms with E-state index in [9.17, 15) is 19.8 Å². The van der Waals surface area contributed by atoms with Crippen molar-refractivity contribution < 1.29 is 24.9 Å². The van der Waals surface area contributed by atoms with Crippen LogP contribution < -0.4 is 0 Å². The smallest absolute Gasteiger partial charge is 0.326 e. The Balaban J connectivity index is 2.13. The maximum Gasteiger partial charge on any atom is 0.326 e. The minimum atomic E-state index is -1.09. The number of carbonyl (C=O) groups excluding carboxylic acids is 1. The van der Waals surface area contributed by atoms with Crippen LogP contribution in [-0.4, -0.2) is 75.0 Å². The van der Waals surface area contributed by atoms with Crippen LogP contribution in [0.15, 0.2) is 0 Å². The lowest BCUT2D eigenvalue weighted by molar-refractivity contribution is -0.141. The molecule has 2 fully saturated rings. The molecule has 0 radical (unpaired) electrons. The molecule has 2 saturated heterocycles. The molecule has 0 aliphatic carbocycles. The summed E-state index contributed by atoms with van der Waals surface area (Å²) in [5.41, 5.74) is 0. The lowest BCUT2D eigenvalue weighted by atomic mass is 10.1. The first-order valence-corrected chi connectivity index (χ1v) is 7.13. The van der Waals surface area contributed by atoms with Crippen molar-refractivity contribution in [1.29, 1.82) is 0 Å².